The summed E-state index contributed by atoms with van der Waals surface area (Å²) in [7, 11) is 0. The van der Waals surface area contributed by atoms with Gasteiger partial charge < -0.3 is 0 Å². The lowest BCUT2D eigenvalue weighted by molar-refractivity contribution is -0.0471. The summed E-state index contributed by atoms with van der Waals surface area (Å²) in [5, 5.41) is 0. The molecule has 4 rings (SSSR count). The smallest absolute Gasteiger partial charge is 0.00260 e. The first kappa shape index (κ1) is 10.6. The van der Waals surface area contributed by atoms with Gasteiger partial charge in [0.25, 0.3) is 0 Å². The van der Waals surface area contributed by atoms with E-state index in [-0.39, 0.29) is 0 Å². The van der Waals surface area contributed by atoms with Crippen LogP contribution in [-0.4, -0.2) is 0 Å². The Labute approximate surface area is 106 Å². The SMILES string of the molecule is C=C1CC[C@@]12CCC[C@]21CCCC12CCCC2. The molecule has 17 heavy (non-hydrogen) atoms. The fourth-order valence-electron chi connectivity index (χ4n) is 6.80. The molecule has 0 N–H and O–H groups in total. The highest BCUT2D eigenvalue weighted by Crippen LogP contribution is 2.78. The Morgan fingerprint density at radius 3 is 1.94 bits per heavy atom. The summed E-state index contributed by atoms with van der Waals surface area (Å²) in [6.45, 7) is 4.47. The zero-order valence-electron chi connectivity index (χ0n) is 11.2. The van der Waals surface area contributed by atoms with Gasteiger partial charge in [-0.2, -0.15) is 0 Å². The molecule has 0 heterocycles. The van der Waals surface area contributed by atoms with Crippen molar-refractivity contribution in [3.8, 4) is 0 Å². The minimum atomic E-state index is 0.633. The Morgan fingerprint density at radius 1 is 0.706 bits per heavy atom. The van der Waals surface area contributed by atoms with Crippen molar-refractivity contribution in [2.45, 2.75) is 77.0 Å². The van der Waals surface area contributed by atoms with Gasteiger partial charge in [-0.15, -0.1) is 0 Å². The molecular formula is C17H26. The summed E-state index contributed by atoms with van der Waals surface area (Å²) in [5.41, 5.74) is 3.79. The first-order chi connectivity index (χ1) is 8.25. The van der Waals surface area contributed by atoms with Crippen molar-refractivity contribution in [2.24, 2.45) is 16.2 Å². The summed E-state index contributed by atoms with van der Waals surface area (Å²) in [6.07, 6.45) is 18.2. The minimum Gasteiger partial charge on any atom is -0.0993 e. The third kappa shape index (κ3) is 0.992. The van der Waals surface area contributed by atoms with Crippen LogP contribution >= 0.6 is 0 Å². The molecule has 0 aromatic rings. The highest BCUT2D eigenvalue weighted by molar-refractivity contribution is 5.31. The number of rotatable bonds is 0. The maximum absolute atomic E-state index is 4.47. The van der Waals surface area contributed by atoms with Gasteiger partial charge in [0.1, 0.15) is 0 Å². The van der Waals surface area contributed by atoms with Crippen LogP contribution in [0.5, 0.6) is 0 Å². The van der Waals surface area contributed by atoms with Crippen LogP contribution in [0.15, 0.2) is 12.2 Å². The molecule has 4 aliphatic rings. The summed E-state index contributed by atoms with van der Waals surface area (Å²) in [6, 6.07) is 0. The Hall–Kier alpha value is -0.260. The van der Waals surface area contributed by atoms with Gasteiger partial charge in [-0.3, -0.25) is 0 Å². The normalized spacial score (nSPS) is 47.4. The van der Waals surface area contributed by atoms with Crippen molar-refractivity contribution in [2.75, 3.05) is 0 Å². The third-order valence-corrected chi connectivity index (χ3v) is 7.49. The fraction of sp³-hybridized carbons (Fsp3) is 0.882. The Balaban J connectivity index is 1.82. The van der Waals surface area contributed by atoms with Crippen LogP contribution in [0.4, 0.5) is 0 Å². The largest absolute Gasteiger partial charge is 0.0993 e. The lowest BCUT2D eigenvalue weighted by atomic mass is 9.45. The average molecular weight is 230 g/mol. The quantitative estimate of drug-likeness (QED) is 0.499. The van der Waals surface area contributed by atoms with E-state index >= 15 is 0 Å². The molecule has 0 heteroatoms. The zero-order chi connectivity index (χ0) is 11.6. The van der Waals surface area contributed by atoms with Crippen molar-refractivity contribution in [3.63, 3.8) is 0 Å². The molecule has 0 aliphatic heterocycles. The molecule has 0 amide bonds. The van der Waals surface area contributed by atoms with Gasteiger partial charge in [0.2, 0.25) is 0 Å². The second-order valence-electron chi connectivity index (χ2n) is 7.46. The van der Waals surface area contributed by atoms with E-state index in [9.17, 15) is 0 Å². The number of allylic oxidation sites excluding steroid dienone is 1. The Kier molecular flexibility index (Phi) is 2.00. The van der Waals surface area contributed by atoms with E-state index in [0.29, 0.717) is 5.41 Å². The molecular weight excluding hydrogens is 204 g/mol. The van der Waals surface area contributed by atoms with Crippen LogP contribution in [0.3, 0.4) is 0 Å². The number of hydrogen-bond acceptors (Lipinski definition) is 0. The minimum absolute atomic E-state index is 0.633. The molecule has 4 fully saturated rings. The predicted octanol–water partition coefficient (Wildman–Crippen LogP) is 5.24. The van der Waals surface area contributed by atoms with Crippen LogP contribution in [0.25, 0.3) is 0 Å². The number of fused-ring (bicyclic) bond motifs is 2. The molecule has 2 atom stereocenters. The van der Waals surface area contributed by atoms with Crippen LogP contribution in [0.2, 0.25) is 0 Å². The highest BCUT2D eigenvalue weighted by atomic mass is 14.7. The van der Waals surface area contributed by atoms with E-state index in [1.165, 1.54) is 44.9 Å². The molecule has 0 nitrogen and oxygen atoms in total. The third-order valence-electron chi connectivity index (χ3n) is 7.49. The molecule has 0 bridgehead atoms. The van der Waals surface area contributed by atoms with Crippen LogP contribution in [0.1, 0.15) is 77.0 Å². The molecule has 0 radical (unpaired) electrons. The lowest BCUT2D eigenvalue weighted by Gasteiger charge is -2.59. The van der Waals surface area contributed by atoms with Crippen molar-refractivity contribution in [3.05, 3.63) is 12.2 Å². The van der Waals surface area contributed by atoms with Gasteiger partial charge in [0.15, 0.2) is 0 Å². The first-order valence-electron chi connectivity index (χ1n) is 7.93. The second-order valence-corrected chi connectivity index (χ2v) is 7.46. The van der Waals surface area contributed by atoms with E-state index in [1.807, 2.05) is 0 Å². The Morgan fingerprint density at radius 2 is 1.35 bits per heavy atom. The van der Waals surface area contributed by atoms with Crippen LogP contribution in [-0.2, 0) is 0 Å². The molecule has 0 aromatic heterocycles. The van der Waals surface area contributed by atoms with Gasteiger partial charge in [-0.05, 0) is 67.6 Å². The van der Waals surface area contributed by atoms with Gasteiger partial charge in [0, 0.05) is 0 Å². The van der Waals surface area contributed by atoms with Gasteiger partial charge in [-0.1, -0.05) is 37.8 Å². The second kappa shape index (κ2) is 3.19. The average Bonchev–Trinajstić information content (AvgIpc) is 3.02. The van der Waals surface area contributed by atoms with Gasteiger partial charge in [-0.25, -0.2) is 0 Å². The maximum Gasteiger partial charge on any atom is -0.00260 e. The molecule has 4 saturated carbocycles. The van der Waals surface area contributed by atoms with E-state index in [0.717, 1.165) is 10.8 Å². The molecule has 94 valence electrons. The van der Waals surface area contributed by atoms with Crippen LogP contribution < -0.4 is 0 Å². The molecule has 0 aromatic carbocycles. The molecule has 0 saturated heterocycles. The standard InChI is InChI=1S/C17H26/c1-14-6-13-16(14)10-5-12-17(16)11-4-9-15(17)7-2-3-8-15/h1-13H2/t16-,17-/m0/s1. The molecule has 0 unspecified atom stereocenters. The monoisotopic (exact) mass is 230 g/mol. The molecule has 3 spiro atoms. The summed E-state index contributed by atoms with van der Waals surface area (Å²) in [5.74, 6) is 0. The van der Waals surface area contributed by atoms with Crippen molar-refractivity contribution in [1.29, 1.82) is 0 Å². The van der Waals surface area contributed by atoms with E-state index in [1.54, 1.807) is 37.7 Å². The zero-order valence-corrected chi connectivity index (χ0v) is 11.2. The van der Waals surface area contributed by atoms with E-state index in [4.69, 9.17) is 0 Å². The summed E-state index contributed by atoms with van der Waals surface area (Å²) in [4.78, 5) is 0. The van der Waals surface area contributed by atoms with Gasteiger partial charge >= 0.3 is 0 Å². The van der Waals surface area contributed by atoms with Crippen molar-refractivity contribution >= 4 is 0 Å². The summed E-state index contributed by atoms with van der Waals surface area (Å²) >= 11 is 0. The number of hydrogen-bond donors (Lipinski definition) is 0. The summed E-state index contributed by atoms with van der Waals surface area (Å²) < 4.78 is 0. The first-order valence-corrected chi connectivity index (χ1v) is 7.93. The van der Waals surface area contributed by atoms with E-state index in [2.05, 4.69) is 6.58 Å². The Bertz CT molecular complexity index is 351. The van der Waals surface area contributed by atoms with Crippen molar-refractivity contribution in [1.82, 2.24) is 0 Å². The molecule has 4 aliphatic carbocycles. The van der Waals surface area contributed by atoms with E-state index < -0.39 is 0 Å². The lowest BCUT2D eigenvalue weighted by Crippen LogP contribution is -2.51. The van der Waals surface area contributed by atoms with Gasteiger partial charge in [0.05, 0.1) is 0 Å². The maximum atomic E-state index is 4.47. The highest BCUT2D eigenvalue weighted by Gasteiger charge is 2.68. The van der Waals surface area contributed by atoms with Crippen molar-refractivity contribution < 1.29 is 0 Å². The fourth-order valence-corrected chi connectivity index (χ4v) is 6.80. The topological polar surface area (TPSA) is 0 Å². The van der Waals surface area contributed by atoms with Crippen LogP contribution in [0, 0.1) is 16.2 Å². The predicted molar refractivity (Wildman–Crippen MR) is 71.8 cm³/mol.